The summed E-state index contributed by atoms with van der Waals surface area (Å²) in [6.07, 6.45) is 0.884. The van der Waals surface area contributed by atoms with Crippen molar-refractivity contribution in [3.63, 3.8) is 0 Å². The molecule has 0 N–H and O–H groups in total. The summed E-state index contributed by atoms with van der Waals surface area (Å²) in [6.45, 7) is 4.68. The molecule has 0 saturated carbocycles. The molecule has 24 heavy (non-hydrogen) atoms. The molecule has 0 heterocycles. The molecule has 1 amide bonds. The number of carbonyl (C=O) groups excluding carboxylic acids is 1. The minimum Gasteiger partial charge on any atom is -0.484 e. The molecule has 0 fully saturated rings. The lowest BCUT2D eigenvalue weighted by atomic mass is 10.1. The minimum atomic E-state index is -0.0439. The number of carbonyl (C=O) groups is 1. The van der Waals surface area contributed by atoms with Crippen LogP contribution in [0.25, 0.3) is 0 Å². The van der Waals surface area contributed by atoms with E-state index < -0.39 is 0 Å². The van der Waals surface area contributed by atoms with Crippen LogP contribution < -0.4 is 4.74 Å². The molecule has 0 radical (unpaired) electrons. The summed E-state index contributed by atoms with van der Waals surface area (Å²) in [5, 5.41) is 8.80. The molecular weight excluding hydrogens is 300 g/mol. The van der Waals surface area contributed by atoms with Gasteiger partial charge in [0.25, 0.3) is 5.91 Å². The Bertz CT molecular complexity index is 690. The van der Waals surface area contributed by atoms with Crippen molar-refractivity contribution in [2.24, 2.45) is 0 Å². The van der Waals surface area contributed by atoms with E-state index in [2.05, 4.69) is 13.0 Å². The van der Waals surface area contributed by atoms with Gasteiger partial charge in [-0.1, -0.05) is 37.3 Å². The lowest BCUT2D eigenvalue weighted by Crippen LogP contribution is -2.40. The van der Waals surface area contributed by atoms with Crippen molar-refractivity contribution in [2.45, 2.75) is 32.9 Å². The van der Waals surface area contributed by atoms with E-state index in [1.807, 2.05) is 42.2 Å². The molecule has 4 heteroatoms. The van der Waals surface area contributed by atoms with Crippen LogP contribution in [0.5, 0.6) is 5.75 Å². The number of benzene rings is 2. The average molecular weight is 322 g/mol. The fourth-order valence-electron chi connectivity index (χ4n) is 2.34. The van der Waals surface area contributed by atoms with Gasteiger partial charge in [-0.05, 0) is 43.2 Å². The van der Waals surface area contributed by atoms with Gasteiger partial charge < -0.3 is 9.64 Å². The van der Waals surface area contributed by atoms with Gasteiger partial charge in [0.05, 0.1) is 11.6 Å². The minimum absolute atomic E-state index is 0.0108. The van der Waals surface area contributed by atoms with Gasteiger partial charge in [-0.25, -0.2) is 0 Å². The van der Waals surface area contributed by atoms with Crippen molar-refractivity contribution in [3.8, 4) is 11.8 Å². The molecule has 0 unspecified atom stereocenters. The van der Waals surface area contributed by atoms with E-state index in [0.717, 1.165) is 12.0 Å². The van der Waals surface area contributed by atoms with Gasteiger partial charge in [0.2, 0.25) is 0 Å². The lowest BCUT2D eigenvalue weighted by Gasteiger charge is -2.28. The SMILES string of the molecule is CC[C@H](C)N(Cc1ccccc1)C(=O)COc1ccc(C#N)cc1. The molecule has 0 aliphatic carbocycles. The van der Waals surface area contributed by atoms with Gasteiger partial charge in [0.15, 0.2) is 6.61 Å². The molecule has 1 atom stereocenters. The highest BCUT2D eigenvalue weighted by Gasteiger charge is 2.19. The van der Waals surface area contributed by atoms with Crippen LogP contribution in [0.2, 0.25) is 0 Å². The number of ether oxygens (including phenoxy) is 1. The molecule has 124 valence electrons. The molecule has 4 nitrogen and oxygen atoms in total. The summed E-state index contributed by atoms with van der Waals surface area (Å²) < 4.78 is 5.58. The highest BCUT2D eigenvalue weighted by Crippen LogP contribution is 2.14. The topological polar surface area (TPSA) is 53.3 Å². The normalized spacial score (nSPS) is 11.4. The number of rotatable bonds is 7. The second-order valence-corrected chi connectivity index (χ2v) is 5.69. The van der Waals surface area contributed by atoms with Gasteiger partial charge in [0.1, 0.15) is 5.75 Å². The van der Waals surface area contributed by atoms with Crippen LogP contribution in [-0.4, -0.2) is 23.5 Å². The maximum absolute atomic E-state index is 12.6. The number of hydrogen-bond donors (Lipinski definition) is 0. The Morgan fingerprint density at radius 2 is 1.83 bits per heavy atom. The lowest BCUT2D eigenvalue weighted by molar-refractivity contribution is -0.136. The van der Waals surface area contributed by atoms with E-state index in [9.17, 15) is 4.79 Å². The molecule has 2 aromatic carbocycles. The number of nitrogens with zero attached hydrogens (tertiary/aromatic N) is 2. The van der Waals surface area contributed by atoms with E-state index in [1.165, 1.54) is 0 Å². The third-order valence-corrected chi connectivity index (χ3v) is 3.98. The number of nitriles is 1. The van der Waals surface area contributed by atoms with E-state index in [0.29, 0.717) is 17.9 Å². The fourth-order valence-corrected chi connectivity index (χ4v) is 2.34. The van der Waals surface area contributed by atoms with Crippen LogP contribution in [0, 0.1) is 11.3 Å². The second-order valence-electron chi connectivity index (χ2n) is 5.69. The van der Waals surface area contributed by atoms with Crippen molar-refractivity contribution < 1.29 is 9.53 Å². The van der Waals surface area contributed by atoms with E-state index in [4.69, 9.17) is 10.00 Å². The Labute approximate surface area is 143 Å². The third-order valence-electron chi connectivity index (χ3n) is 3.98. The molecule has 0 aliphatic heterocycles. The van der Waals surface area contributed by atoms with Crippen molar-refractivity contribution in [1.82, 2.24) is 4.90 Å². The summed E-state index contributed by atoms with van der Waals surface area (Å²) in [5.74, 6) is 0.545. The summed E-state index contributed by atoms with van der Waals surface area (Å²) in [5.41, 5.74) is 1.67. The molecule has 2 aromatic rings. The van der Waals surface area contributed by atoms with Gasteiger partial charge in [-0.2, -0.15) is 5.26 Å². The Hall–Kier alpha value is -2.80. The first kappa shape index (κ1) is 17.6. The van der Waals surface area contributed by atoms with Gasteiger partial charge >= 0.3 is 0 Å². The second kappa shape index (κ2) is 8.73. The molecule has 0 saturated heterocycles. The van der Waals surface area contributed by atoms with Gasteiger partial charge in [-0.15, -0.1) is 0 Å². The van der Waals surface area contributed by atoms with Gasteiger partial charge in [0, 0.05) is 12.6 Å². The first-order valence-electron chi connectivity index (χ1n) is 8.10. The Balaban J connectivity index is 2.00. The Kier molecular flexibility index (Phi) is 6.39. The zero-order valence-corrected chi connectivity index (χ0v) is 14.1. The van der Waals surface area contributed by atoms with Crippen molar-refractivity contribution >= 4 is 5.91 Å². The average Bonchev–Trinajstić information content (AvgIpc) is 2.64. The summed E-state index contributed by atoms with van der Waals surface area (Å²) >= 11 is 0. The van der Waals surface area contributed by atoms with E-state index >= 15 is 0 Å². The van der Waals surface area contributed by atoms with Crippen LogP contribution in [0.4, 0.5) is 0 Å². The standard InChI is InChI=1S/C20H22N2O2/c1-3-16(2)22(14-18-7-5-4-6-8-18)20(23)15-24-19-11-9-17(13-21)10-12-19/h4-12,16H,3,14-15H2,1-2H3/t16-/m0/s1. The van der Waals surface area contributed by atoms with Crippen LogP contribution >= 0.6 is 0 Å². The highest BCUT2D eigenvalue weighted by molar-refractivity contribution is 5.78. The summed E-state index contributed by atoms with van der Waals surface area (Å²) in [6, 6.07) is 18.9. The summed E-state index contributed by atoms with van der Waals surface area (Å²) in [4.78, 5) is 14.4. The zero-order chi connectivity index (χ0) is 17.4. The maximum atomic E-state index is 12.6. The van der Waals surface area contributed by atoms with Crippen molar-refractivity contribution in [1.29, 1.82) is 5.26 Å². The van der Waals surface area contributed by atoms with E-state index in [1.54, 1.807) is 24.3 Å². The zero-order valence-electron chi connectivity index (χ0n) is 14.1. The highest BCUT2D eigenvalue weighted by atomic mass is 16.5. The fraction of sp³-hybridized carbons (Fsp3) is 0.300. The molecule has 0 aromatic heterocycles. The molecular formula is C20H22N2O2. The molecule has 2 rings (SSSR count). The first-order valence-corrected chi connectivity index (χ1v) is 8.10. The van der Waals surface area contributed by atoms with E-state index in [-0.39, 0.29) is 18.6 Å². The predicted octanol–water partition coefficient (Wildman–Crippen LogP) is 3.76. The van der Waals surface area contributed by atoms with Crippen LogP contribution in [0.3, 0.4) is 0 Å². The number of amides is 1. The number of hydrogen-bond acceptors (Lipinski definition) is 3. The molecule has 0 bridgehead atoms. The van der Waals surface area contributed by atoms with Crippen LogP contribution in [0.15, 0.2) is 54.6 Å². The first-order chi connectivity index (χ1) is 11.6. The maximum Gasteiger partial charge on any atom is 0.261 e. The molecule has 0 spiro atoms. The largest absolute Gasteiger partial charge is 0.484 e. The molecule has 0 aliphatic rings. The predicted molar refractivity (Wildman–Crippen MR) is 93.4 cm³/mol. The van der Waals surface area contributed by atoms with Crippen LogP contribution in [0.1, 0.15) is 31.4 Å². The quantitative estimate of drug-likeness (QED) is 0.780. The van der Waals surface area contributed by atoms with Crippen molar-refractivity contribution in [2.75, 3.05) is 6.61 Å². The Morgan fingerprint density at radius 3 is 2.42 bits per heavy atom. The Morgan fingerprint density at radius 1 is 1.17 bits per heavy atom. The third kappa shape index (κ3) is 4.85. The van der Waals surface area contributed by atoms with Crippen molar-refractivity contribution in [3.05, 3.63) is 65.7 Å². The summed E-state index contributed by atoms with van der Waals surface area (Å²) in [7, 11) is 0. The van der Waals surface area contributed by atoms with Gasteiger partial charge in [-0.3, -0.25) is 4.79 Å². The van der Waals surface area contributed by atoms with Crippen LogP contribution in [-0.2, 0) is 11.3 Å². The smallest absolute Gasteiger partial charge is 0.261 e. The monoisotopic (exact) mass is 322 g/mol.